The molecule has 2 aliphatic rings. The van der Waals surface area contributed by atoms with Crippen LogP contribution in [-0.4, -0.2) is 31.6 Å². The van der Waals surface area contributed by atoms with E-state index in [-0.39, 0.29) is 22.7 Å². The molecule has 8 heteroatoms. The monoisotopic (exact) mass is 314 g/mol. The number of sulfonamides is 1. The van der Waals surface area contributed by atoms with E-state index in [9.17, 15) is 22.7 Å². The Labute approximate surface area is 121 Å². The number of aliphatic carboxylic acids is 1. The molecular weight excluding hydrogens is 299 g/mol. The van der Waals surface area contributed by atoms with Crippen LogP contribution in [0.2, 0.25) is 0 Å². The highest BCUT2D eigenvalue weighted by molar-refractivity contribution is 7.89. The highest BCUT2D eigenvalue weighted by Gasteiger charge is 2.49. The molecule has 0 amide bonds. The lowest BCUT2D eigenvalue weighted by Gasteiger charge is -2.26. The van der Waals surface area contributed by atoms with Gasteiger partial charge in [0.1, 0.15) is 5.82 Å². The molecule has 2 aliphatic heterocycles. The number of hydrogen-bond acceptors (Lipinski definition) is 4. The van der Waals surface area contributed by atoms with Crippen LogP contribution < -0.4 is 10.0 Å². The van der Waals surface area contributed by atoms with E-state index in [0.29, 0.717) is 12.8 Å². The van der Waals surface area contributed by atoms with E-state index in [0.717, 1.165) is 12.5 Å². The van der Waals surface area contributed by atoms with Crippen LogP contribution in [0.5, 0.6) is 0 Å². The molecular formula is C13H15FN2O4S. The number of nitrogens with two attached hydrogens (primary N) is 1. The van der Waals surface area contributed by atoms with E-state index in [1.54, 1.807) is 4.90 Å². The fraction of sp³-hybridized carbons (Fsp3) is 0.462. The third-order valence-corrected chi connectivity index (χ3v) is 5.29. The molecule has 6 nitrogen and oxygen atoms in total. The lowest BCUT2D eigenvalue weighted by atomic mass is 9.89. The second kappa shape index (κ2) is 4.67. The maximum Gasteiger partial charge on any atom is 0.308 e. The molecule has 2 fully saturated rings. The van der Waals surface area contributed by atoms with E-state index in [2.05, 4.69) is 0 Å². The molecule has 2 saturated heterocycles. The maximum absolute atomic E-state index is 14.2. The lowest BCUT2D eigenvalue weighted by Crippen LogP contribution is -2.33. The molecule has 3 unspecified atom stereocenters. The number of benzene rings is 1. The molecule has 1 aromatic rings. The molecule has 0 saturated carbocycles. The first-order valence-electron chi connectivity index (χ1n) is 6.62. The minimum atomic E-state index is -3.95. The van der Waals surface area contributed by atoms with Gasteiger partial charge >= 0.3 is 5.97 Å². The van der Waals surface area contributed by atoms with Crippen molar-refractivity contribution in [2.75, 3.05) is 4.90 Å². The van der Waals surface area contributed by atoms with Gasteiger partial charge < -0.3 is 10.0 Å². The van der Waals surface area contributed by atoms with Crippen molar-refractivity contribution < 1.29 is 22.7 Å². The number of anilines is 1. The molecule has 0 aliphatic carbocycles. The zero-order valence-corrected chi connectivity index (χ0v) is 11.9. The van der Waals surface area contributed by atoms with Gasteiger partial charge in [-0.2, -0.15) is 0 Å². The Balaban J connectivity index is 1.97. The molecule has 0 spiro atoms. The van der Waals surface area contributed by atoms with Gasteiger partial charge in [0.15, 0.2) is 0 Å². The minimum absolute atomic E-state index is 0.00839. The molecule has 2 bridgehead atoms. The van der Waals surface area contributed by atoms with E-state index in [1.165, 1.54) is 12.1 Å². The van der Waals surface area contributed by atoms with Crippen LogP contribution >= 0.6 is 0 Å². The Kier molecular flexibility index (Phi) is 3.18. The van der Waals surface area contributed by atoms with Crippen molar-refractivity contribution in [2.45, 2.75) is 36.2 Å². The summed E-state index contributed by atoms with van der Waals surface area (Å²) < 4.78 is 36.7. The fourth-order valence-electron chi connectivity index (χ4n) is 3.50. The number of carboxylic acids is 1. The summed E-state index contributed by atoms with van der Waals surface area (Å²) in [6, 6.07) is 3.26. The number of nitrogens with zero attached hydrogens (tertiary/aromatic N) is 1. The summed E-state index contributed by atoms with van der Waals surface area (Å²) in [6.07, 6.45) is 2.03. The first-order chi connectivity index (χ1) is 9.79. The van der Waals surface area contributed by atoms with Gasteiger partial charge in [-0.1, -0.05) is 0 Å². The number of carbonyl (C=O) groups is 1. The van der Waals surface area contributed by atoms with Crippen LogP contribution in [0.3, 0.4) is 0 Å². The van der Waals surface area contributed by atoms with Crippen molar-refractivity contribution >= 4 is 21.7 Å². The normalized spacial score (nSPS) is 28.1. The van der Waals surface area contributed by atoms with E-state index >= 15 is 0 Å². The van der Waals surface area contributed by atoms with Crippen LogP contribution in [-0.2, 0) is 14.8 Å². The van der Waals surface area contributed by atoms with Crippen LogP contribution in [0, 0.1) is 11.7 Å². The lowest BCUT2D eigenvalue weighted by molar-refractivity contribution is -0.142. The van der Waals surface area contributed by atoms with Crippen molar-refractivity contribution in [3.63, 3.8) is 0 Å². The average molecular weight is 314 g/mol. The summed E-state index contributed by atoms with van der Waals surface area (Å²) >= 11 is 0. The first kappa shape index (κ1) is 14.3. The third kappa shape index (κ3) is 2.28. The smallest absolute Gasteiger partial charge is 0.308 e. The number of hydrogen-bond donors (Lipinski definition) is 2. The number of carboxylic acid groups (broad SMARTS) is 1. The zero-order chi connectivity index (χ0) is 15.4. The van der Waals surface area contributed by atoms with Crippen LogP contribution in [0.1, 0.15) is 19.3 Å². The van der Waals surface area contributed by atoms with Crippen LogP contribution in [0.4, 0.5) is 10.1 Å². The van der Waals surface area contributed by atoms with Gasteiger partial charge in [0.25, 0.3) is 0 Å². The SMILES string of the molecule is NS(=O)(=O)c1ccc(N2C3CCC2C(C(=O)O)C3)c(F)c1. The summed E-state index contributed by atoms with van der Waals surface area (Å²) in [7, 11) is -3.95. The summed E-state index contributed by atoms with van der Waals surface area (Å²) in [5.41, 5.74) is 0.249. The van der Waals surface area contributed by atoms with Gasteiger partial charge in [-0.3, -0.25) is 4.79 Å². The molecule has 3 rings (SSSR count). The molecule has 2 heterocycles. The second-order valence-electron chi connectivity index (χ2n) is 5.54. The minimum Gasteiger partial charge on any atom is -0.481 e. The van der Waals surface area contributed by atoms with Crippen LogP contribution in [0.25, 0.3) is 0 Å². The van der Waals surface area contributed by atoms with Crippen molar-refractivity contribution in [1.29, 1.82) is 0 Å². The van der Waals surface area contributed by atoms with Crippen molar-refractivity contribution in [3.8, 4) is 0 Å². The number of fused-ring (bicyclic) bond motifs is 2. The van der Waals surface area contributed by atoms with Gasteiger partial charge in [0, 0.05) is 12.1 Å². The summed E-state index contributed by atoms with van der Waals surface area (Å²) in [4.78, 5) is 12.7. The van der Waals surface area contributed by atoms with E-state index < -0.39 is 27.7 Å². The topological polar surface area (TPSA) is 101 Å². The highest BCUT2D eigenvalue weighted by atomic mass is 32.2. The van der Waals surface area contributed by atoms with Crippen LogP contribution in [0.15, 0.2) is 23.1 Å². The van der Waals surface area contributed by atoms with Gasteiger partial charge in [0.2, 0.25) is 10.0 Å². The van der Waals surface area contributed by atoms with Crippen molar-refractivity contribution in [2.24, 2.45) is 11.1 Å². The summed E-state index contributed by atoms with van der Waals surface area (Å²) in [5, 5.41) is 14.2. The first-order valence-corrected chi connectivity index (χ1v) is 8.17. The standard InChI is InChI=1S/C13H15FN2O4S/c14-10-6-8(21(15,19)20)2-4-12(10)16-7-1-3-11(16)9(5-7)13(17)18/h2,4,6-7,9,11H,1,3,5H2,(H,17,18)(H2,15,19,20). The van der Waals surface area contributed by atoms with Gasteiger partial charge in [0.05, 0.1) is 16.5 Å². The molecule has 0 radical (unpaired) electrons. The van der Waals surface area contributed by atoms with Gasteiger partial charge in [-0.15, -0.1) is 0 Å². The van der Waals surface area contributed by atoms with Gasteiger partial charge in [-0.25, -0.2) is 17.9 Å². The third-order valence-electron chi connectivity index (χ3n) is 4.38. The van der Waals surface area contributed by atoms with Gasteiger partial charge in [-0.05, 0) is 37.5 Å². The fourth-order valence-corrected chi connectivity index (χ4v) is 4.03. The molecule has 1 aromatic carbocycles. The average Bonchev–Trinajstić information content (AvgIpc) is 2.95. The predicted molar refractivity (Wildman–Crippen MR) is 72.8 cm³/mol. The van der Waals surface area contributed by atoms with Crippen molar-refractivity contribution in [3.05, 3.63) is 24.0 Å². The number of rotatable bonds is 3. The number of primary sulfonamides is 1. The van der Waals surface area contributed by atoms with E-state index in [1.807, 2.05) is 0 Å². The zero-order valence-electron chi connectivity index (χ0n) is 11.1. The Morgan fingerprint density at radius 3 is 2.62 bits per heavy atom. The molecule has 3 atom stereocenters. The maximum atomic E-state index is 14.2. The summed E-state index contributed by atoms with van der Waals surface area (Å²) in [5.74, 6) is -2.06. The molecule has 3 N–H and O–H groups in total. The second-order valence-corrected chi connectivity index (χ2v) is 7.11. The number of halogens is 1. The van der Waals surface area contributed by atoms with E-state index in [4.69, 9.17) is 5.14 Å². The highest BCUT2D eigenvalue weighted by Crippen LogP contribution is 2.45. The molecule has 114 valence electrons. The molecule has 0 aromatic heterocycles. The van der Waals surface area contributed by atoms with Crippen molar-refractivity contribution in [1.82, 2.24) is 0 Å². The summed E-state index contributed by atoms with van der Waals surface area (Å²) in [6.45, 7) is 0. The Morgan fingerprint density at radius 1 is 1.38 bits per heavy atom. The largest absolute Gasteiger partial charge is 0.481 e. The molecule has 21 heavy (non-hydrogen) atoms. The predicted octanol–water partition coefficient (Wildman–Crippen LogP) is 0.915. The Hall–Kier alpha value is -1.67. The Morgan fingerprint density at radius 2 is 2.10 bits per heavy atom. The Bertz CT molecular complexity index is 706. The quantitative estimate of drug-likeness (QED) is 0.864.